The summed E-state index contributed by atoms with van der Waals surface area (Å²) in [5, 5.41) is 1.72. The third-order valence-corrected chi connectivity index (χ3v) is 9.56. The number of esters is 3. The summed E-state index contributed by atoms with van der Waals surface area (Å²) >= 11 is 0. The van der Waals surface area contributed by atoms with E-state index in [2.05, 4.69) is 34.9 Å². The molecule has 0 radical (unpaired) electrons. The highest BCUT2D eigenvalue weighted by Gasteiger charge is 2.33. The maximum atomic E-state index is 13.0. The summed E-state index contributed by atoms with van der Waals surface area (Å²) < 4.78 is 16.3. The van der Waals surface area contributed by atoms with Crippen LogP contribution in [-0.4, -0.2) is 56.9 Å². The number of rotatable bonds is 8. The molecule has 0 unspecified atom stereocenters. The maximum Gasteiger partial charge on any atom is 0.355 e. The highest BCUT2D eigenvalue weighted by molar-refractivity contribution is 6.15. The first-order valence-electron chi connectivity index (χ1n) is 17.6. The van der Waals surface area contributed by atoms with E-state index < -0.39 is 17.2 Å². The highest BCUT2D eigenvalue weighted by Crippen LogP contribution is 2.40. The Labute approximate surface area is 301 Å². The van der Waals surface area contributed by atoms with Crippen LogP contribution in [0.15, 0.2) is 10.7 Å². The van der Waals surface area contributed by atoms with Crippen LogP contribution < -0.4 is 10.7 Å². The number of hydrogen-bond acceptors (Lipinski definition) is 7. The minimum Gasteiger partial charge on any atom is -0.469 e. The van der Waals surface area contributed by atoms with E-state index >= 15 is 0 Å². The van der Waals surface area contributed by atoms with Gasteiger partial charge in [0, 0.05) is 51.8 Å². The number of allylic oxidation sites excluding steroid dienone is 2. The molecule has 4 rings (SSSR count). The number of methoxy groups -OCH3 is 1. The van der Waals surface area contributed by atoms with Gasteiger partial charge in [0.1, 0.15) is 22.6 Å². The summed E-state index contributed by atoms with van der Waals surface area (Å²) in [6, 6.07) is 0. The van der Waals surface area contributed by atoms with Gasteiger partial charge in [-0.15, -0.1) is 0 Å². The number of hydrogen-bond donors (Lipinski definition) is 3. The number of carbonyl (C=O) groups excluding carboxylic acids is 3. The Morgan fingerprint density at radius 1 is 0.745 bits per heavy atom. The van der Waals surface area contributed by atoms with Gasteiger partial charge in [0.2, 0.25) is 0 Å². The van der Waals surface area contributed by atoms with Crippen LogP contribution >= 0.6 is 0 Å². The molecule has 0 saturated carbocycles. The molecule has 0 atom stereocenters. The second-order valence-corrected chi connectivity index (χ2v) is 16.3. The summed E-state index contributed by atoms with van der Waals surface area (Å²) in [6.07, 6.45) is 5.49. The molecule has 10 heteroatoms. The van der Waals surface area contributed by atoms with E-state index in [9.17, 15) is 14.4 Å². The van der Waals surface area contributed by atoms with Crippen molar-refractivity contribution in [2.75, 3.05) is 7.11 Å². The van der Waals surface area contributed by atoms with Gasteiger partial charge in [-0.2, -0.15) is 0 Å². The molecule has 51 heavy (non-hydrogen) atoms. The standard InChI is InChI=1S/C41H56N4O6/c1-21-22(2)35(37(47)50-39(7,8)9)44-28(21)18-30-27(16-17-33(46)49-15)25(5)29(42-30)19-32-41(13,14)20-31(43-32)26(6)34-23(3)24(4)36(45-34)38(48)51-40(10,11)12/h18-19,42,44-45H,16-17,20H2,1-15H3/b29-19+,30-18-,31-26-. The molecule has 10 nitrogen and oxygen atoms in total. The summed E-state index contributed by atoms with van der Waals surface area (Å²) in [6.45, 7) is 27.4. The van der Waals surface area contributed by atoms with Crippen molar-refractivity contribution in [1.29, 1.82) is 0 Å². The van der Waals surface area contributed by atoms with Crippen LogP contribution in [-0.2, 0) is 25.4 Å². The predicted octanol–water partition coefficient (Wildman–Crippen LogP) is 7.14. The van der Waals surface area contributed by atoms with Gasteiger partial charge in [0.15, 0.2) is 0 Å². The van der Waals surface area contributed by atoms with Crippen LogP contribution in [0.4, 0.5) is 0 Å². The first kappa shape index (κ1) is 39.2. The number of nitrogens with zero attached hydrogens (tertiary/aromatic N) is 1. The lowest BCUT2D eigenvalue weighted by atomic mass is 9.84. The van der Waals surface area contributed by atoms with Crippen LogP contribution in [0.2, 0.25) is 0 Å². The van der Waals surface area contributed by atoms with E-state index in [1.54, 1.807) is 0 Å². The zero-order chi connectivity index (χ0) is 38.4. The van der Waals surface area contributed by atoms with Crippen LogP contribution in [0.5, 0.6) is 0 Å². The van der Waals surface area contributed by atoms with Crippen molar-refractivity contribution in [2.45, 2.75) is 127 Å². The smallest absolute Gasteiger partial charge is 0.355 e. The Kier molecular flexibility index (Phi) is 10.9. The molecule has 276 valence electrons. The third kappa shape index (κ3) is 8.65. The topological polar surface area (TPSA) is 139 Å². The fourth-order valence-electron chi connectivity index (χ4n) is 6.30. The van der Waals surface area contributed by atoms with Crippen molar-refractivity contribution in [3.63, 3.8) is 0 Å². The quantitative estimate of drug-likeness (QED) is 0.169. The van der Waals surface area contributed by atoms with E-state index in [4.69, 9.17) is 19.2 Å². The van der Waals surface area contributed by atoms with Crippen molar-refractivity contribution in [2.24, 2.45) is 10.4 Å². The van der Waals surface area contributed by atoms with Gasteiger partial charge in [-0.05, 0) is 141 Å². The van der Waals surface area contributed by atoms with E-state index in [0.717, 1.165) is 72.4 Å². The molecular weight excluding hydrogens is 644 g/mol. The van der Waals surface area contributed by atoms with Gasteiger partial charge >= 0.3 is 17.9 Å². The first-order valence-corrected chi connectivity index (χ1v) is 17.6. The average Bonchev–Trinajstić information content (AvgIpc) is 3.67. The molecule has 0 fully saturated rings. The number of ether oxygens (including phenoxy) is 3. The van der Waals surface area contributed by atoms with E-state index in [-0.39, 0.29) is 23.8 Å². The fourth-order valence-corrected chi connectivity index (χ4v) is 6.30. The van der Waals surface area contributed by atoms with Crippen molar-refractivity contribution < 1.29 is 28.6 Å². The van der Waals surface area contributed by atoms with Gasteiger partial charge in [0.05, 0.1) is 7.11 Å². The molecule has 3 aromatic rings. The van der Waals surface area contributed by atoms with Crippen molar-refractivity contribution in [3.05, 3.63) is 72.6 Å². The van der Waals surface area contributed by atoms with Crippen LogP contribution in [0.3, 0.4) is 0 Å². The van der Waals surface area contributed by atoms with Crippen LogP contribution in [0.1, 0.15) is 141 Å². The summed E-state index contributed by atoms with van der Waals surface area (Å²) in [7, 11) is 1.39. The Morgan fingerprint density at radius 2 is 1.27 bits per heavy atom. The number of carbonyl (C=O) groups is 3. The Hall–Kier alpha value is -4.60. The maximum absolute atomic E-state index is 13.0. The monoisotopic (exact) mass is 700 g/mol. The highest BCUT2D eigenvalue weighted by atomic mass is 16.6. The van der Waals surface area contributed by atoms with E-state index in [0.29, 0.717) is 24.2 Å². The molecule has 3 aromatic heterocycles. The number of nitrogens with one attached hydrogen (secondary N) is 3. The van der Waals surface area contributed by atoms with Crippen molar-refractivity contribution >= 4 is 41.3 Å². The molecular formula is C41H56N4O6. The first-order chi connectivity index (χ1) is 23.4. The minimum atomic E-state index is -0.624. The predicted molar refractivity (Wildman–Crippen MR) is 202 cm³/mol. The Morgan fingerprint density at radius 3 is 1.82 bits per heavy atom. The molecule has 0 saturated heterocycles. The molecule has 0 spiro atoms. The second-order valence-electron chi connectivity index (χ2n) is 16.3. The van der Waals surface area contributed by atoms with Crippen molar-refractivity contribution in [1.82, 2.24) is 15.0 Å². The minimum absolute atomic E-state index is 0.222. The van der Waals surface area contributed by atoms with Gasteiger partial charge in [-0.25, -0.2) is 9.59 Å². The van der Waals surface area contributed by atoms with E-state index in [1.165, 1.54) is 7.11 Å². The van der Waals surface area contributed by atoms with Gasteiger partial charge in [-0.3, -0.25) is 9.79 Å². The number of aromatic nitrogens is 3. The van der Waals surface area contributed by atoms with Crippen molar-refractivity contribution in [3.8, 4) is 0 Å². The Balaban J connectivity index is 1.84. The van der Waals surface area contributed by atoms with Gasteiger partial charge < -0.3 is 29.2 Å². The molecule has 0 amide bonds. The third-order valence-electron chi connectivity index (χ3n) is 9.56. The lowest BCUT2D eigenvalue weighted by Gasteiger charge is -2.19. The molecule has 0 aliphatic carbocycles. The van der Waals surface area contributed by atoms with Gasteiger partial charge in [0.25, 0.3) is 0 Å². The summed E-state index contributed by atoms with van der Waals surface area (Å²) in [4.78, 5) is 53.6. The fraction of sp³-hybridized carbons (Fsp3) is 0.512. The SMILES string of the molecule is COC(=O)CCc1c(C)/c(=C\C2=NC(=C(/C)c3[nH]c(C(=O)OC(C)(C)C)c(C)c3C)/CC2(C)C)[nH]/c1=C\c1[nH]c(C(=O)OC(C)(C)C)c(C)c1C. The zero-order valence-electron chi connectivity index (χ0n) is 33.2. The average molecular weight is 701 g/mol. The lowest BCUT2D eigenvalue weighted by Crippen LogP contribution is -2.24. The number of H-pyrrole nitrogens is 3. The molecule has 1 aliphatic rings. The molecule has 4 heterocycles. The van der Waals surface area contributed by atoms with Crippen LogP contribution in [0, 0.1) is 40.0 Å². The Bertz CT molecular complexity index is 2070. The molecule has 0 aromatic carbocycles. The molecule has 3 N–H and O–H groups in total. The zero-order valence-corrected chi connectivity index (χ0v) is 33.2. The van der Waals surface area contributed by atoms with E-state index in [1.807, 2.05) is 89.2 Å². The number of aliphatic imine (C=N–C) groups is 1. The normalized spacial score (nSPS) is 16.4. The van der Waals surface area contributed by atoms with Crippen LogP contribution in [0.25, 0.3) is 17.7 Å². The molecule has 1 aliphatic heterocycles. The summed E-state index contributed by atoms with van der Waals surface area (Å²) in [5.74, 6) is -1.07. The number of aromatic amines is 3. The lowest BCUT2D eigenvalue weighted by molar-refractivity contribution is -0.140. The molecule has 0 bridgehead atoms. The van der Waals surface area contributed by atoms with Gasteiger partial charge in [-0.1, -0.05) is 13.8 Å². The largest absolute Gasteiger partial charge is 0.469 e. The summed E-state index contributed by atoms with van der Waals surface area (Å²) in [5.41, 5.74) is 9.48. The second kappa shape index (κ2) is 14.2.